The molecule has 1 saturated heterocycles. The van der Waals surface area contributed by atoms with Gasteiger partial charge < -0.3 is 16.4 Å². The molecule has 1 aliphatic rings. The van der Waals surface area contributed by atoms with Crippen molar-refractivity contribution in [3.63, 3.8) is 0 Å². The van der Waals surface area contributed by atoms with E-state index in [4.69, 9.17) is 5.73 Å². The van der Waals surface area contributed by atoms with Gasteiger partial charge in [-0.05, 0) is 12.3 Å². The Morgan fingerprint density at radius 3 is 2.44 bits per heavy atom. The van der Waals surface area contributed by atoms with Crippen LogP contribution in [0.4, 0.5) is 0 Å². The average Bonchev–Trinajstić information content (AvgIpc) is 2.18. The van der Waals surface area contributed by atoms with E-state index in [0.717, 1.165) is 0 Å². The number of nitrogens with one attached hydrogen (secondary N) is 2. The van der Waals surface area contributed by atoms with E-state index < -0.39 is 18.0 Å². The zero-order valence-corrected chi connectivity index (χ0v) is 9.45. The minimum absolute atomic E-state index is 0.0426. The quantitative estimate of drug-likeness (QED) is 0.567. The van der Waals surface area contributed by atoms with Crippen LogP contribution in [0, 0.1) is 5.92 Å². The molecule has 1 heterocycles. The lowest BCUT2D eigenvalue weighted by Crippen LogP contribution is -2.63. The number of piperazine rings is 1. The Hall–Kier alpha value is -1.59. The lowest BCUT2D eigenvalue weighted by molar-refractivity contribution is -0.138. The number of nitrogens with two attached hydrogens (primary N) is 1. The molecule has 6 nitrogen and oxygen atoms in total. The molecular weight excluding hydrogens is 210 g/mol. The Balaban J connectivity index is 2.56. The maximum Gasteiger partial charge on any atom is 0.243 e. The molecule has 0 saturated carbocycles. The Morgan fingerprint density at radius 2 is 1.94 bits per heavy atom. The lowest BCUT2D eigenvalue weighted by atomic mass is 9.98. The molecule has 0 spiro atoms. The zero-order chi connectivity index (χ0) is 12.3. The van der Waals surface area contributed by atoms with Crippen molar-refractivity contribution < 1.29 is 14.4 Å². The van der Waals surface area contributed by atoms with Crippen molar-refractivity contribution in [3.05, 3.63) is 0 Å². The van der Waals surface area contributed by atoms with Crippen LogP contribution in [-0.2, 0) is 14.4 Å². The van der Waals surface area contributed by atoms with Crippen molar-refractivity contribution in [2.24, 2.45) is 11.7 Å². The summed E-state index contributed by atoms with van der Waals surface area (Å²) in [4.78, 5) is 33.8. The summed E-state index contributed by atoms with van der Waals surface area (Å²) in [6.07, 6.45) is 0.336. The second-order valence-electron chi connectivity index (χ2n) is 4.30. The number of rotatable bonds is 4. The molecule has 0 aromatic rings. The minimum Gasteiger partial charge on any atom is -0.370 e. The van der Waals surface area contributed by atoms with E-state index in [9.17, 15) is 14.4 Å². The summed E-state index contributed by atoms with van der Waals surface area (Å²) in [5, 5.41) is 5.23. The van der Waals surface area contributed by atoms with Crippen LogP contribution < -0.4 is 16.4 Å². The predicted molar refractivity (Wildman–Crippen MR) is 57.1 cm³/mol. The molecule has 1 fully saturated rings. The van der Waals surface area contributed by atoms with Gasteiger partial charge in [0.15, 0.2) is 0 Å². The Morgan fingerprint density at radius 1 is 1.31 bits per heavy atom. The zero-order valence-electron chi connectivity index (χ0n) is 9.45. The number of hydrogen-bond acceptors (Lipinski definition) is 3. The molecular formula is C10H17N3O3. The highest BCUT2D eigenvalue weighted by atomic mass is 16.2. The molecule has 0 unspecified atom stereocenters. The van der Waals surface area contributed by atoms with Gasteiger partial charge in [-0.3, -0.25) is 14.4 Å². The SMILES string of the molecule is CC(C)[C@@H]1NC(=O)[C@H](CCC(N)=O)NC1=O. The third kappa shape index (κ3) is 2.95. The number of amides is 3. The highest BCUT2D eigenvalue weighted by Gasteiger charge is 2.34. The normalized spacial score (nSPS) is 25.2. The van der Waals surface area contributed by atoms with Gasteiger partial charge in [-0.1, -0.05) is 13.8 Å². The van der Waals surface area contributed by atoms with Gasteiger partial charge in [0.25, 0.3) is 0 Å². The van der Waals surface area contributed by atoms with Gasteiger partial charge in [0.05, 0.1) is 0 Å². The Kier molecular flexibility index (Phi) is 3.87. The fraction of sp³-hybridized carbons (Fsp3) is 0.700. The molecule has 4 N–H and O–H groups in total. The van der Waals surface area contributed by atoms with Crippen molar-refractivity contribution in [2.45, 2.75) is 38.8 Å². The molecule has 16 heavy (non-hydrogen) atoms. The largest absolute Gasteiger partial charge is 0.370 e. The Bertz CT molecular complexity index is 314. The summed E-state index contributed by atoms with van der Waals surface area (Å²) < 4.78 is 0. The third-order valence-electron chi connectivity index (χ3n) is 2.56. The van der Waals surface area contributed by atoms with E-state index in [1.54, 1.807) is 0 Å². The first-order valence-corrected chi connectivity index (χ1v) is 5.31. The van der Waals surface area contributed by atoms with E-state index >= 15 is 0 Å². The smallest absolute Gasteiger partial charge is 0.243 e. The first kappa shape index (κ1) is 12.5. The van der Waals surface area contributed by atoms with Crippen LogP contribution in [0.5, 0.6) is 0 Å². The standard InChI is InChI=1S/C10H17N3O3/c1-5(2)8-10(16)12-6(9(15)13-8)3-4-7(11)14/h5-6,8H,3-4H2,1-2H3,(H2,11,14)(H,12,16)(H,13,15)/t6-,8-/m0/s1. The van der Waals surface area contributed by atoms with Crippen molar-refractivity contribution >= 4 is 17.7 Å². The van der Waals surface area contributed by atoms with Crippen LogP contribution >= 0.6 is 0 Å². The molecule has 2 atom stereocenters. The van der Waals surface area contributed by atoms with Crippen LogP contribution in [0.3, 0.4) is 0 Å². The van der Waals surface area contributed by atoms with Gasteiger partial charge >= 0.3 is 0 Å². The summed E-state index contributed by atoms with van der Waals surface area (Å²) >= 11 is 0. The van der Waals surface area contributed by atoms with Crippen LogP contribution in [0.15, 0.2) is 0 Å². The summed E-state index contributed by atoms with van der Waals surface area (Å²) in [6, 6.07) is -1.13. The Labute approximate surface area is 93.9 Å². The van der Waals surface area contributed by atoms with E-state index in [1.165, 1.54) is 0 Å². The van der Waals surface area contributed by atoms with Gasteiger partial charge in [-0.15, -0.1) is 0 Å². The van der Waals surface area contributed by atoms with Gasteiger partial charge in [-0.2, -0.15) is 0 Å². The molecule has 0 aliphatic carbocycles. The van der Waals surface area contributed by atoms with Crippen molar-refractivity contribution in [1.82, 2.24) is 10.6 Å². The molecule has 0 radical (unpaired) electrons. The molecule has 0 aromatic heterocycles. The fourth-order valence-corrected chi connectivity index (χ4v) is 1.61. The maximum atomic E-state index is 11.6. The second kappa shape index (κ2) is 4.96. The third-order valence-corrected chi connectivity index (χ3v) is 2.56. The molecule has 0 bridgehead atoms. The van der Waals surface area contributed by atoms with Gasteiger partial charge in [0.2, 0.25) is 17.7 Å². The first-order chi connectivity index (χ1) is 7.41. The van der Waals surface area contributed by atoms with E-state index in [-0.39, 0.29) is 30.6 Å². The molecule has 1 rings (SSSR count). The monoisotopic (exact) mass is 227 g/mol. The highest BCUT2D eigenvalue weighted by Crippen LogP contribution is 2.09. The summed E-state index contributed by atoms with van der Waals surface area (Å²) in [5.74, 6) is -0.891. The van der Waals surface area contributed by atoms with Crippen molar-refractivity contribution in [3.8, 4) is 0 Å². The highest BCUT2D eigenvalue weighted by molar-refractivity contribution is 5.97. The maximum absolute atomic E-state index is 11.6. The minimum atomic E-state index is -0.644. The van der Waals surface area contributed by atoms with E-state index in [2.05, 4.69) is 10.6 Å². The molecule has 90 valence electrons. The van der Waals surface area contributed by atoms with Crippen LogP contribution in [-0.4, -0.2) is 29.8 Å². The number of carbonyl (C=O) groups excluding carboxylic acids is 3. The fourth-order valence-electron chi connectivity index (χ4n) is 1.61. The lowest BCUT2D eigenvalue weighted by Gasteiger charge is -2.31. The van der Waals surface area contributed by atoms with Gasteiger partial charge in [0.1, 0.15) is 12.1 Å². The van der Waals surface area contributed by atoms with Crippen LogP contribution in [0.25, 0.3) is 0 Å². The molecule has 0 aromatic carbocycles. The summed E-state index contributed by atoms with van der Waals surface area (Å²) in [7, 11) is 0. The predicted octanol–water partition coefficient (Wildman–Crippen LogP) is -1.11. The summed E-state index contributed by atoms with van der Waals surface area (Å²) in [6.45, 7) is 3.71. The molecule has 1 aliphatic heterocycles. The van der Waals surface area contributed by atoms with Crippen molar-refractivity contribution in [1.29, 1.82) is 0 Å². The number of carbonyl (C=O) groups is 3. The van der Waals surface area contributed by atoms with Gasteiger partial charge in [-0.25, -0.2) is 0 Å². The average molecular weight is 227 g/mol. The summed E-state index contributed by atoms with van der Waals surface area (Å²) in [5.41, 5.74) is 4.98. The molecule has 3 amide bonds. The first-order valence-electron chi connectivity index (χ1n) is 5.31. The van der Waals surface area contributed by atoms with Crippen LogP contribution in [0.2, 0.25) is 0 Å². The van der Waals surface area contributed by atoms with E-state index in [1.807, 2.05) is 13.8 Å². The molecule has 6 heteroatoms. The topological polar surface area (TPSA) is 101 Å². The van der Waals surface area contributed by atoms with Gasteiger partial charge in [0, 0.05) is 6.42 Å². The van der Waals surface area contributed by atoms with Crippen LogP contribution in [0.1, 0.15) is 26.7 Å². The van der Waals surface area contributed by atoms with E-state index in [0.29, 0.717) is 0 Å². The number of hydrogen-bond donors (Lipinski definition) is 3. The second-order valence-corrected chi connectivity index (χ2v) is 4.30. The van der Waals surface area contributed by atoms with Crippen molar-refractivity contribution in [2.75, 3.05) is 0 Å². The number of primary amides is 1.